The molecule has 0 saturated carbocycles. The minimum Gasteiger partial charge on any atom is -0.460 e. The molecule has 0 amide bonds. The molecular formula is C15H15O3PS. The Kier molecular flexibility index (Phi) is 3.23. The standard InChI is InChI=1S/C15H15O3PS/c1-10-4-7-13(16-10)19(20,14-8-5-11(2)17-14)15-9-6-12(3)18-15/h4-9H,1-3H3. The molecule has 0 spiro atoms. The highest BCUT2D eigenvalue weighted by Crippen LogP contribution is 2.44. The monoisotopic (exact) mass is 306 g/mol. The zero-order valence-electron chi connectivity index (χ0n) is 11.5. The van der Waals surface area contributed by atoms with Crippen molar-refractivity contribution < 1.29 is 13.3 Å². The zero-order valence-corrected chi connectivity index (χ0v) is 13.3. The number of aryl methyl sites for hydroxylation is 3. The fourth-order valence-corrected chi connectivity index (χ4v) is 5.30. The van der Waals surface area contributed by atoms with Crippen LogP contribution in [0.2, 0.25) is 0 Å². The van der Waals surface area contributed by atoms with Crippen LogP contribution in [0.3, 0.4) is 0 Å². The van der Waals surface area contributed by atoms with Crippen molar-refractivity contribution in [2.75, 3.05) is 0 Å². The van der Waals surface area contributed by atoms with Gasteiger partial charge in [-0.1, -0.05) is 11.8 Å². The van der Waals surface area contributed by atoms with Crippen LogP contribution in [0.5, 0.6) is 0 Å². The van der Waals surface area contributed by atoms with Gasteiger partial charge < -0.3 is 13.3 Å². The quantitative estimate of drug-likeness (QED) is 0.697. The molecule has 104 valence electrons. The predicted octanol–water partition coefficient (Wildman–Crippen LogP) is 3.15. The van der Waals surface area contributed by atoms with E-state index in [2.05, 4.69) is 0 Å². The second-order valence-corrected chi connectivity index (χ2v) is 8.95. The van der Waals surface area contributed by atoms with E-state index in [0.29, 0.717) is 0 Å². The van der Waals surface area contributed by atoms with Gasteiger partial charge in [-0.25, -0.2) is 0 Å². The Balaban J connectivity index is 2.25. The van der Waals surface area contributed by atoms with E-state index in [9.17, 15) is 0 Å². The van der Waals surface area contributed by atoms with Gasteiger partial charge in [-0.3, -0.25) is 0 Å². The average Bonchev–Trinajstić information content (AvgIpc) is 3.10. The van der Waals surface area contributed by atoms with Crippen molar-refractivity contribution in [2.45, 2.75) is 20.8 Å². The van der Waals surface area contributed by atoms with Crippen LogP contribution in [0, 0.1) is 20.8 Å². The molecule has 0 unspecified atom stereocenters. The Morgan fingerprint density at radius 3 is 1.15 bits per heavy atom. The minimum atomic E-state index is -2.38. The summed E-state index contributed by atoms with van der Waals surface area (Å²) in [5.41, 5.74) is 2.23. The molecule has 0 aromatic carbocycles. The van der Waals surface area contributed by atoms with E-state index >= 15 is 0 Å². The normalized spacial score (nSPS) is 11.9. The molecule has 20 heavy (non-hydrogen) atoms. The lowest BCUT2D eigenvalue weighted by Gasteiger charge is -2.14. The van der Waals surface area contributed by atoms with Crippen molar-refractivity contribution in [2.24, 2.45) is 0 Å². The molecule has 3 rings (SSSR count). The van der Waals surface area contributed by atoms with Crippen LogP contribution < -0.4 is 16.5 Å². The van der Waals surface area contributed by atoms with E-state index in [1.165, 1.54) is 0 Å². The molecule has 0 radical (unpaired) electrons. The Hall–Kier alpha value is -1.51. The summed E-state index contributed by atoms with van der Waals surface area (Å²) >= 11 is 5.97. The number of hydrogen-bond donors (Lipinski definition) is 0. The molecule has 3 aromatic heterocycles. The molecule has 3 heterocycles. The van der Waals surface area contributed by atoms with Gasteiger partial charge in [0.2, 0.25) is 0 Å². The van der Waals surface area contributed by atoms with E-state index in [0.717, 1.165) is 33.8 Å². The summed E-state index contributed by atoms with van der Waals surface area (Å²) < 4.78 is 17.4. The first-order valence-electron chi connectivity index (χ1n) is 6.31. The molecule has 0 fully saturated rings. The first kappa shape index (κ1) is 13.5. The van der Waals surface area contributed by atoms with Crippen molar-refractivity contribution in [3.05, 3.63) is 53.7 Å². The van der Waals surface area contributed by atoms with E-state index in [1.807, 2.05) is 57.2 Å². The molecule has 3 nitrogen and oxygen atoms in total. The predicted molar refractivity (Wildman–Crippen MR) is 83.5 cm³/mol. The third kappa shape index (κ3) is 2.09. The van der Waals surface area contributed by atoms with E-state index in [-0.39, 0.29) is 0 Å². The van der Waals surface area contributed by atoms with Crippen LogP contribution in [0.4, 0.5) is 0 Å². The highest BCUT2D eigenvalue weighted by Gasteiger charge is 2.34. The van der Waals surface area contributed by atoms with Gasteiger partial charge in [-0.15, -0.1) is 0 Å². The number of hydrogen-bond acceptors (Lipinski definition) is 4. The van der Waals surface area contributed by atoms with Crippen LogP contribution in [0.15, 0.2) is 49.6 Å². The summed E-state index contributed by atoms with van der Waals surface area (Å²) in [6.45, 7) is 5.72. The third-order valence-corrected chi connectivity index (χ3v) is 7.31. The van der Waals surface area contributed by atoms with Gasteiger partial charge in [0.05, 0.1) is 0 Å². The lowest BCUT2D eigenvalue weighted by Crippen LogP contribution is -2.22. The lowest BCUT2D eigenvalue weighted by atomic mass is 10.5. The van der Waals surface area contributed by atoms with Gasteiger partial charge >= 0.3 is 0 Å². The van der Waals surface area contributed by atoms with Gasteiger partial charge in [0.1, 0.15) is 39.8 Å². The Morgan fingerprint density at radius 1 is 0.650 bits per heavy atom. The van der Waals surface area contributed by atoms with Crippen LogP contribution in [0.1, 0.15) is 17.3 Å². The summed E-state index contributed by atoms with van der Waals surface area (Å²) in [7, 11) is 0. The Labute approximate surface area is 122 Å². The smallest absolute Gasteiger partial charge is 0.150 e. The summed E-state index contributed by atoms with van der Waals surface area (Å²) in [6.07, 6.45) is 0. The molecule has 0 aliphatic carbocycles. The van der Waals surface area contributed by atoms with Crippen molar-refractivity contribution in [1.82, 2.24) is 0 Å². The molecule has 0 aliphatic heterocycles. The second kappa shape index (κ2) is 4.80. The fourth-order valence-electron chi connectivity index (χ4n) is 2.10. The first-order chi connectivity index (χ1) is 9.50. The highest BCUT2D eigenvalue weighted by molar-refractivity contribution is 8.25. The van der Waals surface area contributed by atoms with E-state index in [1.54, 1.807) is 0 Å². The van der Waals surface area contributed by atoms with Gasteiger partial charge in [0.25, 0.3) is 0 Å². The topological polar surface area (TPSA) is 39.4 Å². The molecule has 0 aliphatic rings. The molecule has 3 aromatic rings. The van der Waals surface area contributed by atoms with Crippen molar-refractivity contribution in [1.29, 1.82) is 0 Å². The van der Waals surface area contributed by atoms with Crippen molar-refractivity contribution in [3.8, 4) is 0 Å². The lowest BCUT2D eigenvalue weighted by molar-refractivity contribution is 0.550. The number of furan rings is 3. The van der Waals surface area contributed by atoms with Gasteiger partial charge in [-0.2, -0.15) is 0 Å². The van der Waals surface area contributed by atoms with Gasteiger partial charge in [0.15, 0.2) is 0 Å². The SMILES string of the molecule is Cc1ccc(P(=S)(c2ccc(C)o2)c2ccc(C)o2)o1. The van der Waals surface area contributed by atoms with Crippen LogP contribution in [-0.4, -0.2) is 0 Å². The van der Waals surface area contributed by atoms with Crippen LogP contribution in [0.25, 0.3) is 0 Å². The summed E-state index contributed by atoms with van der Waals surface area (Å²) in [6, 6.07) is 9.14. The zero-order chi connectivity index (χ0) is 14.3. The summed E-state index contributed by atoms with van der Waals surface area (Å²) in [5, 5.41) is 0. The second-order valence-electron chi connectivity index (χ2n) is 4.76. The van der Waals surface area contributed by atoms with Crippen LogP contribution >= 0.6 is 6.04 Å². The van der Waals surface area contributed by atoms with Gasteiger partial charge in [0, 0.05) is 0 Å². The fraction of sp³-hybridized carbons (Fsp3) is 0.200. The maximum Gasteiger partial charge on any atom is 0.150 e. The Bertz CT molecular complexity index is 688. The molecule has 0 bridgehead atoms. The molecule has 0 atom stereocenters. The molecular weight excluding hydrogens is 291 g/mol. The van der Waals surface area contributed by atoms with Gasteiger partial charge in [-0.05, 0) is 57.2 Å². The minimum absolute atomic E-state index is 0.744. The largest absolute Gasteiger partial charge is 0.460 e. The maximum absolute atomic E-state index is 5.97. The average molecular weight is 306 g/mol. The van der Waals surface area contributed by atoms with Crippen molar-refractivity contribution in [3.63, 3.8) is 0 Å². The van der Waals surface area contributed by atoms with E-state index in [4.69, 9.17) is 25.1 Å². The molecule has 0 saturated heterocycles. The summed E-state index contributed by atoms with van der Waals surface area (Å²) in [4.78, 5) is 0. The number of rotatable bonds is 3. The summed E-state index contributed by atoms with van der Waals surface area (Å²) in [5.74, 6) is 2.50. The third-order valence-electron chi connectivity index (χ3n) is 3.11. The molecule has 5 heteroatoms. The molecule has 0 N–H and O–H groups in total. The van der Waals surface area contributed by atoms with Crippen LogP contribution in [-0.2, 0) is 11.8 Å². The maximum atomic E-state index is 5.97. The first-order valence-corrected chi connectivity index (χ1v) is 9.11. The highest BCUT2D eigenvalue weighted by atomic mass is 32.4. The van der Waals surface area contributed by atoms with Crippen molar-refractivity contribution >= 4 is 34.3 Å². The van der Waals surface area contributed by atoms with E-state index < -0.39 is 6.04 Å². The Morgan fingerprint density at radius 2 is 0.950 bits per heavy atom.